The quantitative estimate of drug-likeness (QED) is 0.787. The zero-order chi connectivity index (χ0) is 17.2. The highest BCUT2D eigenvalue weighted by molar-refractivity contribution is 6.32. The lowest BCUT2D eigenvalue weighted by Gasteiger charge is -2.16. The van der Waals surface area contributed by atoms with Gasteiger partial charge in [-0.15, -0.1) is 0 Å². The molecule has 0 atom stereocenters. The Morgan fingerprint density at radius 1 is 1.38 bits per heavy atom. The second kappa shape index (κ2) is 6.79. The number of nitrogens with one attached hydrogen (secondary N) is 2. The number of amides is 1. The summed E-state index contributed by atoms with van der Waals surface area (Å²) in [7, 11) is 1.95. The minimum atomic E-state index is -0.116. The van der Waals surface area contributed by atoms with Gasteiger partial charge in [0.2, 0.25) is 5.91 Å². The Morgan fingerprint density at radius 2 is 2.17 bits per heavy atom. The zero-order valence-electron chi connectivity index (χ0n) is 13.7. The van der Waals surface area contributed by atoms with Crippen LogP contribution in [0.4, 0.5) is 5.69 Å². The van der Waals surface area contributed by atoms with Crippen LogP contribution >= 0.6 is 11.6 Å². The molecule has 1 heterocycles. The Bertz CT molecular complexity index is 760. The Balaban J connectivity index is 1.82. The van der Waals surface area contributed by atoms with Gasteiger partial charge in [-0.25, -0.2) is 4.98 Å². The summed E-state index contributed by atoms with van der Waals surface area (Å²) in [6.07, 6.45) is 3.88. The Hall–Kier alpha value is -2.11. The molecule has 0 unspecified atom stereocenters. The minimum absolute atomic E-state index is 0.102. The molecule has 24 heavy (non-hydrogen) atoms. The summed E-state index contributed by atoms with van der Waals surface area (Å²) in [6.45, 7) is 2.09. The summed E-state index contributed by atoms with van der Waals surface area (Å²) in [5.74, 6) is 0.566. The van der Waals surface area contributed by atoms with Crippen LogP contribution in [0, 0.1) is 0 Å². The van der Waals surface area contributed by atoms with E-state index in [1.54, 1.807) is 6.20 Å². The highest BCUT2D eigenvalue weighted by Gasteiger charge is 2.41. The second-order valence-corrected chi connectivity index (χ2v) is 6.45. The normalized spacial score (nSPS) is 15.0. The van der Waals surface area contributed by atoms with Crippen molar-refractivity contribution in [1.82, 2.24) is 10.3 Å². The molecule has 0 aliphatic heterocycles. The lowest BCUT2D eigenvalue weighted by atomic mass is 10.1. The number of benzene rings is 1. The van der Waals surface area contributed by atoms with Gasteiger partial charge >= 0.3 is 0 Å². The fourth-order valence-corrected chi connectivity index (χ4v) is 2.73. The van der Waals surface area contributed by atoms with Crippen molar-refractivity contribution >= 4 is 23.2 Å². The molecule has 5 nitrogen and oxygen atoms in total. The number of carbonyl (C=O) groups excluding carboxylic acids is 1. The minimum Gasteiger partial charge on any atom is -0.490 e. The maximum atomic E-state index is 11.2. The molecule has 0 bridgehead atoms. The van der Waals surface area contributed by atoms with Crippen LogP contribution in [0.25, 0.3) is 11.1 Å². The SMILES string of the molecule is CNC1(COc2cnc(Cl)c(-c3cccc(NC(C)=O)c3)c2)CC1. The molecule has 0 saturated heterocycles. The molecule has 1 aliphatic carbocycles. The molecule has 1 fully saturated rings. The number of carbonyl (C=O) groups is 1. The number of pyridine rings is 1. The Kier molecular flexibility index (Phi) is 4.73. The van der Waals surface area contributed by atoms with Gasteiger partial charge in [-0.3, -0.25) is 4.79 Å². The van der Waals surface area contributed by atoms with Crippen molar-refractivity contribution in [3.63, 3.8) is 0 Å². The van der Waals surface area contributed by atoms with E-state index >= 15 is 0 Å². The third-order valence-electron chi connectivity index (χ3n) is 4.21. The van der Waals surface area contributed by atoms with Crippen LogP contribution < -0.4 is 15.4 Å². The average Bonchev–Trinajstić information content (AvgIpc) is 3.34. The van der Waals surface area contributed by atoms with Crippen molar-refractivity contribution in [3.05, 3.63) is 41.7 Å². The van der Waals surface area contributed by atoms with Crippen LogP contribution in [0.1, 0.15) is 19.8 Å². The zero-order valence-corrected chi connectivity index (χ0v) is 14.5. The van der Waals surface area contributed by atoms with Crippen LogP contribution in [-0.2, 0) is 4.79 Å². The largest absolute Gasteiger partial charge is 0.490 e. The molecule has 1 aromatic carbocycles. The third-order valence-corrected chi connectivity index (χ3v) is 4.51. The van der Waals surface area contributed by atoms with Crippen molar-refractivity contribution in [2.45, 2.75) is 25.3 Å². The summed E-state index contributed by atoms with van der Waals surface area (Å²) >= 11 is 6.25. The standard InChI is InChI=1S/C18H20ClN3O2/c1-12(23)22-14-5-3-4-13(8-14)16-9-15(10-21-17(16)19)24-11-18(20-2)6-7-18/h3-5,8-10,20H,6-7,11H2,1-2H3,(H,22,23). The number of rotatable bonds is 6. The van der Waals surface area contributed by atoms with Gasteiger partial charge < -0.3 is 15.4 Å². The highest BCUT2D eigenvalue weighted by Crippen LogP contribution is 2.36. The van der Waals surface area contributed by atoms with Crippen LogP contribution in [0.3, 0.4) is 0 Å². The van der Waals surface area contributed by atoms with Gasteiger partial charge in [0.05, 0.1) is 11.7 Å². The van der Waals surface area contributed by atoms with Crippen molar-refractivity contribution < 1.29 is 9.53 Å². The molecule has 1 amide bonds. The number of ether oxygens (including phenoxy) is 1. The topological polar surface area (TPSA) is 63.2 Å². The monoisotopic (exact) mass is 345 g/mol. The summed E-state index contributed by atoms with van der Waals surface area (Å²) in [6, 6.07) is 9.37. The number of hydrogen-bond donors (Lipinski definition) is 2. The van der Waals surface area contributed by atoms with Gasteiger partial charge in [0.15, 0.2) is 0 Å². The number of nitrogens with zero attached hydrogens (tertiary/aromatic N) is 1. The van der Waals surface area contributed by atoms with E-state index < -0.39 is 0 Å². The van der Waals surface area contributed by atoms with Crippen molar-refractivity contribution in [1.29, 1.82) is 0 Å². The molecule has 1 aromatic heterocycles. The van der Waals surface area contributed by atoms with E-state index in [0.717, 1.165) is 29.7 Å². The predicted octanol–water partition coefficient (Wildman–Crippen LogP) is 3.49. The molecular weight excluding hydrogens is 326 g/mol. The maximum absolute atomic E-state index is 11.2. The van der Waals surface area contributed by atoms with Crippen LogP contribution in [0.2, 0.25) is 5.15 Å². The van der Waals surface area contributed by atoms with Crippen molar-refractivity contribution in [3.8, 4) is 16.9 Å². The predicted molar refractivity (Wildman–Crippen MR) is 95.5 cm³/mol. The molecule has 3 rings (SSSR count). The van der Waals surface area contributed by atoms with E-state index in [1.165, 1.54) is 6.92 Å². The fourth-order valence-electron chi connectivity index (χ4n) is 2.52. The van der Waals surface area contributed by atoms with Crippen molar-refractivity contribution in [2.75, 3.05) is 19.0 Å². The van der Waals surface area contributed by atoms with Gasteiger partial charge in [-0.2, -0.15) is 0 Å². The summed E-state index contributed by atoms with van der Waals surface area (Å²) in [4.78, 5) is 15.4. The van der Waals surface area contributed by atoms with Crippen molar-refractivity contribution in [2.24, 2.45) is 0 Å². The molecule has 0 radical (unpaired) electrons. The maximum Gasteiger partial charge on any atom is 0.221 e. The van der Waals surface area contributed by atoms with Gasteiger partial charge in [0.25, 0.3) is 0 Å². The van der Waals surface area contributed by atoms with E-state index in [0.29, 0.717) is 17.5 Å². The number of aromatic nitrogens is 1. The average molecular weight is 346 g/mol. The first-order valence-corrected chi connectivity index (χ1v) is 8.24. The van der Waals surface area contributed by atoms with Crippen LogP contribution in [0.15, 0.2) is 36.5 Å². The molecule has 2 N–H and O–H groups in total. The van der Waals surface area contributed by atoms with Gasteiger partial charge in [0.1, 0.15) is 17.5 Å². The molecule has 0 spiro atoms. The summed E-state index contributed by atoms with van der Waals surface area (Å²) in [5.41, 5.74) is 2.47. The first-order valence-electron chi connectivity index (χ1n) is 7.87. The number of halogens is 1. The number of anilines is 1. The van der Waals surface area contributed by atoms with Gasteiger partial charge in [-0.05, 0) is 43.7 Å². The fraction of sp³-hybridized carbons (Fsp3) is 0.333. The van der Waals surface area contributed by atoms with E-state index in [9.17, 15) is 4.79 Å². The number of hydrogen-bond acceptors (Lipinski definition) is 4. The van der Waals surface area contributed by atoms with Gasteiger partial charge in [-0.1, -0.05) is 23.7 Å². The first-order chi connectivity index (χ1) is 11.5. The molecule has 126 valence electrons. The van der Waals surface area contributed by atoms with Crippen LogP contribution in [0.5, 0.6) is 5.75 Å². The first kappa shape index (κ1) is 16.7. The molecular formula is C18H20ClN3O2. The van der Waals surface area contributed by atoms with E-state index in [-0.39, 0.29) is 11.4 Å². The second-order valence-electron chi connectivity index (χ2n) is 6.09. The summed E-state index contributed by atoms with van der Waals surface area (Å²) < 4.78 is 5.88. The molecule has 1 saturated carbocycles. The summed E-state index contributed by atoms with van der Waals surface area (Å²) in [5, 5.41) is 6.46. The van der Waals surface area contributed by atoms with Crippen LogP contribution in [-0.4, -0.2) is 30.1 Å². The number of likely N-dealkylation sites (N-methyl/N-ethyl adjacent to an activating group) is 1. The third kappa shape index (κ3) is 3.86. The lowest BCUT2D eigenvalue weighted by Crippen LogP contribution is -2.33. The van der Waals surface area contributed by atoms with Gasteiger partial charge in [0, 0.05) is 18.2 Å². The Labute approximate surface area is 146 Å². The molecule has 6 heteroatoms. The lowest BCUT2D eigenvalue weighted by molar-refractivity contribution is -0.114. The molecule has 2 aromatic rings. The Morgan fingerprint density at radius 3 is 2.83 bits per heavy atom. The van der Waals surface area contributed by atoms with E-state index in [1.807, 2.05) is 37.4 Å². The molecule has 1 aliphatic rings. The smallest absolute Gasteiger partial charge is 0.221 e. The van der Waals surface area contributed by atoms with E-state index in [4.69, 9.17) is 16.3 Å². The highest BCUT2D eigenvalue weighted by atomic mass is 35.5. The van der Waals surface area contributed by atoms with E-state index in [2.05, 4.69) is 15.6 Å².